The fraction of sp³-hybridized carbons (Fsp3) is 0.480. The van der Waals surface area contributed by atoms with E-state index in [1.807, 2.05) is 30.3 Å². The van der Waals surface area contributed by atoms with E-state index in [0.29, 0.717) is 36.8 Å². The number of fused-ring (bicyclic) bond motifs is 3. The molecule has 1 fully saturated rings. The van der Waals surface area contributed by atoms with Gasteiger partial charge in [0.2, 0.25) is 5.91 Å². The number of hydrogen-bond acceptors (Lipinski definition) is 6. The van der Waals surface area contributed by atoms with E-state index in [9.17, 15) is 4.79 Å². The van der Waals surface area contributed by atoms with Crippen LogP contribution < -0.4 is 11.1 Å². The second kappa shape index (κ2) is 9.16. The molecule has 3 N–H and O–H groups in total. The van der Waals surface area contributed by atoms with E-state index in [4.69, 9.17) is 5.73 Å². The first kappa shape index (κ1) is 21.3. The standard InChI is InChI=1S/C25H31N5OS/c1-30(14-21(31)27-13-16-6-3-2-4-7-16)18-9-5-8-17(12-18)19-10-11-20-22(19)23-24(26)28-15-29-25(23)32-20/h2-4,6-7,15,17-19H,5,8-14H2,1H3,(H,27,31)(H2,26,28,29)/t17?,18-,19?/m0/s1. The Morgan fingerprint density at radius 2 is 2.06 bits per heavy atom. The SMILES string of the molecule is CN(CC(=O)NCc1ccccc1)[C@H]1CCCC(C2CCc3sc4ncnc(N)c4c32)C1. The van der Waals surface area contributed by atoms with Crippen molar-refractivity contribution in [2.45, 2.75) is 57.0 Å². The van der Waals surface area contributed by atoms with Gasteiger partial charge < -0.3 is 11.1 Å². The van der Waals surface area contributed by atoms with Crippen molar-refractivity contribution in [3.05, 3.63) is 52.7 Å². The fourth-order valence-corrected chi connectivity index (χ4v) is 6.91. The topological polar surface area (TPSA) is 84.1 Å². The van der Waals surface area contributed by atoms with E-state index in [-0.39, 0.29) is 5.91 Å². The molecule has 5 rings (SSSR count). The summed E-state index contributed by atoms with van der Waals surface area (Å²) in [5, 5.41) is 4.17. The van der Waals surface area contributed by atoms with Crippen LogP contribution in [0.5, 0.6) is 0 Å². The molecule has 0 bridgehead atoms. The van der Waals surface area contributed by atoms with Crippen LogP contribution >= 0.6 is 11.3 Å². The number of carbonyl (C=O) groups is 1. The van der Waals surface area contributed by atoms with Crippen LogP contribution in [0.25, 0.3) is 10.2 Å². The lowest BCUT2D eigenvalue weighted by Crippen LogP contribution is -2.43. The second-order valence-corrected chi connectivity index (χ2v) is 10.4. The van der Waals surface area contributed by atoms with Crippen molar-refractivity contribution >= 4 is 33.3 Å². The second-order valence-electron chi connectivity index (χ2n) is 9.28. The van der Waals surface area contributed by atoms with Gasteiger partial charge in [0.25, 0.3) is 0 Å². The van der Waals surface area contributed by atoms with Gasteiger partial charge in [0, 0.05) is 17.5 Å². The largest absolute Gasteiger partial charge is 0.383 e. The Bertz CT molecular complexity index is 1100. The maximum Gasteiger partial charge on any atom is 0.234 e. The molecule has 1 saturated carbocycles. The van der Waals surface area contributed by atoms with Gasteiger partial charge in [0.1, 0.15) is 17.0 Å². The summed E-state index contributed by atoms with van der Waals surface area (Å²) in [7, 11) is 2.10. The van der Waals surface area contributed by atoms with Gasteiger partial charge >= 0.3 is 0 Å². The van der Waals surface area contributed by atoms with Crippen molar-refractivity contribution < 1.29 is 4.79 Å². The summed E-state index contributed by atoms with van der Waals surface area (Å²) < 4.78 is 0. The third-order valence-electron chi connectivity index (χ3n) is 7.29. The zero-order valence-corrected chi connectivity index (χ0v) is 19.4. The lowest BCUT2D eigenvalue weighted by Gasteiger charge is -2.37. The number of aryl methyl sites for hydroxylation is 1. The van der Waals surface area contributed by atoms with Crippen LogP contribution in [0.4, 0.5) is 5.82 Å². The summed E-state index contributed by atoms with van der Waals surface area (Å²) >= 11 is 1.79. The number of nitrogens with two attached hydrogens (primary N) is 1. The highest BCUT2D eigenvalue weighted by Crippen LogP contribution is 2.50. The molecule has 6 nitrogen and oxygen atoms in total. The predicted molar refractivity (Wildman–Crippen MR) is 130 cm³/mol. The highest BCUT2D eigenvalue weighted by Gasteiger charge is 2.37. The number of amides is 1. The Labute approximate surface area is 193 Å². The minimum Gasteiger partial charge on any atom is -0.383 e. The Morgan fingerprint density at radius 3 is 2.91 bits per heavy atom. The number of nitrogen functional groups attached to an aromatic ring is 1. The molecule has 32 heavy (non-hydrogen) atoms. The molecule has 2 heterocycles. The first-order valence-electron chi connectivity index (χ1n) is 11.6. The number of thiophene rings is 1. The lowest BCUT2D eigenvalue weighted by molar-refractivity contribution is -0.122. The Hall–Kier alpha value is -2.51. The Kier molecular flexibility index (Phi) is 6.11. The molecule has 0 saturated heterocycles. The van der Waals surface area contributed by atoms with Crippen molar-refractivity contribution in [1.29, 1.82) is 0 Å². The molecular formula is C25H31N5OS. The average molecular weight is 450 g/mol. The molecule has 2 aromatic heterocycles. The van der Waals surface area contributed by atoms with E-state index >= 15 is 0 Å². The number of benzene rings is 1. The molecule has 0 radical (unpaired) electrons. The smallest absolute Gasteiger partial charge is 0.234 e. The average Bonchev–Trinajstić information content (AvgIpc) is 3.38. The van der Waals surface area contributed by atoms with Crippen LogP contribution in [-0.4, -0.2) is 40.4 Å². The molecule has 7 heteroatoms. The summed E-state index contributed by atoms with van der Waals surface area (Å²) in [4.78, 5) is 26.0. The molecular weight excluding hydrogens is 418 g/mol. The third kappa shape index (κ3) is 4.24. The van der Waals surface area contributed by atoms with Crippen LogP contribution in [-0.2, 0) is 17.8 Å². The highest BCUT2D eigenvalue weighted by molar-refractivity contribution is 7.19. The van der Waals surface area contributed by atoms with Crippen LogP contribution in [0.3, 0.4) is 0 Å². The Balaban J connectivity index is 1.23. The summed E-state index contributed by atoms with van der Waals surface area (Å²) in [6.07, 6.45) is 8.66. The van der Waals surface area contributed by atoms with Gasteiger partial charge in [0.15, 0.2) is 0 Å². The van der Waals surface area contributed by atoms with Gasteiger partial charge in [-0.15, -0.1) is 11.3 Å². The Morgan fingerprint density at radius 1 is 1.22 bits per heavy atom. The van der Waals surface area contributed by atoms with Gasteiger partial charge in [0.05, 0.1) is 11.9 Å². The maximum atomic E-state index is 12.5. The number of rotatable bonds is 6. The normalized spacial score (nSPS) is 22.9. The molecule has 3 atom stereocenters. The van der Waals surface area contributed by atoms with Gasteiger partial charge in [-0.1, -0.05) is 36.8 Å². The molecule has 1 aromatic carbocycles. The van der Waals surface area contributed by atoms with E-state index in [1.54, 1.807) is 17.7 Å². The van der Waals surface area contributed by atoms with Crippen LogP contribution in [0.2, 0.25) is 0 Å². The number of hydrogen-bond donors (Lipinski definition) is 2. The number of nitrogens with zero attached hydrogens (tertiary/aromatic N) is 3. The monoisotopic (exact) mass is 449 g/mol. The van der Waals surface area contributed by atoms with Crippen molar-refractivity contribution in [3.63, 3.8) is 0 Å². The number of aromatic nitrogens is 2. The van der Waals surface area contributed by atoms with Crippen molar-refractivity contribution in [3.8, 4) is 0 Å². The number of likely N-dealkylation sites (N-methyl/N-ethyl adjacent to an activating group) is 1. The van der Waals surface area contributed by atoms with Crippen molar-refractivity contribution in [2.24, 2.45) is 5.92 Å². The maximum absolute atomic E-state index is 12.5. The predicted octanol–water partition coefficient (Wildman–Crippen LogP) is 4.11. The van der Waals surface area contributed by atoms with Crippen molar-refractivity contribution in [1.82, 2.24) is 20.2 Å². The van der Waals surface area contributed by atoms with Gasteiger partial charge in [-0.25, -0.2) is 9.97 Å². The molecule has 2 unspecified atom stereocenters. The summed E-state index contributed by atoms with van der Waals surface area (Å²) in [6, 6.07) is 10.5. The molecule has 0 aliphatic heterocycles. The van der Waals surface area contributed by atoms with E-state index in [2.05, 4.69) is 27.2 Å². The minimum atomic E-state index is 0.0929. The summed E-state index contributed by atoms with van der Waals surface area (Å²) in [6.45, 7) is 1.03. The van der Waals surface area contributed by atoms with Gasteiger partial charge in [-0.3, -0.25) is 9.69 Å². The third-order valence-corrected chi connectivity index (χ3v) is 8.46. The van der Waals surface area contributed by atoms with Crippen LogP contribution in [0.15, 0.2) is 36.7 Å². The minimum absolute atomic E-state index is 0.0929. The first-order valence-corrected chi connectivity index (χ1v) is 12.4. The zero-order chi connectivity index (χ0) is 22.1. The molecule has 0 spiro atoms. The summed E-state index contributed by atoms with van der Waals surface area (Å²) in [5.74, 6) is 1.88. The van der Waals surface area contributed by atoms with Crippen molar-refractivity contribution in [2.75, 3.05) is 19.3 Å². The first-order chi connectivity index (χ1) is 15.6. The quantitative estimate of drug-likeness (QED) is 0.592. The van der Waals surface area contributed by atoms with Gasteiger partial charge in [-0.05, 0) is 62.1 Å². The number of nitrogens with one attached hydrogen (secondary N) is 1. The molecule has 168 valence electrons. The lowest BCUT2D eigenvalue weighted by atomic mass is 9.75. The van der Waals surface area contributed by atoms with Crippen LogP contribution in [0, 0.1) is 5.92 Å². The van der Waals surface area contributed by atoms with Crippen LogP contribution in [0.1, 0.15) is 54.0 Å². The van der Waals surface area contributed by atoms with E-state index < -0.39 is 0 Å². The van der Waals surface area contributed by atoms with Gasteiger partial charge in [-0.2, -0.15) is 0 Å². The van der Waals surface area contributed by atoms with E-state index in [1.165, 1.54) is 29.7 Å². The number of carbonyl (C=O) groups excluding carboxylic acids is 1. The number of anilines is 1. The van der Waals surface area contributed by atoms with E-state index in [0.717, 1.165) is 35.0 Å². The zero-order valence-electron chi connectivity index (χ0n) is 18.6. The molecule has 1 amide bonds. The molecule has 2 aliphatic rings. The summed E-state index contributed by atoms with van der Waals surface area (Å²) in [5.41, 5.74) is 8.83. The highest BCUT2D eigenvalue weighted by atomic mass is 32.1. The fourth-order valence-electron chi connectivity index (χ4n) is 5.68. The molecule has 2 aliphatic carbocycles. The molecule has 3 aromatic rings.